The maximum atomic E-state index is 12.2. The summed E-state index contributed by atoms with van der Waals surface area (Å²) in [4.78, 5) is 47.8. The van der Waals surface area contributed by atoms with Crippen molar-refractivity contribution in [3.05, 3.63) is 57.6 Å². The Morgan fingerprint density at radius 3 is 2.57 bits per heavy atom. The number of hydrogen-bond acceptors (Lipinski definition) is 7. The van der Waals surface area contributed by atoms with Crippen molar-refractivity contribution in [1.29, 1.82) is 0 Å². The van der Waals surface area contributed by atoms with Crippen molar-refractivity contribution in [2.75, 3.05) is 30.0 Å². The van der Waals surface area contributed by atoms with Crippen molar-refractivity contribution in [3.63, 3.8) is 0 Å². The van der Waals surface area contributed by atoms with Crippen LogP contribution in [0.3, 0.4) is 0 Å². The first-order valence-electron chi connectivity index (χ1n) is 8.98. The third-order valence-electron chi connectivity index (χ3n) is 4.25. The normalized spacial score (nSPS) is 12.6. The third-order valence-corrected chi connectivity index (χ3v) is 4.25. The second kappa shape index (κ2) is 8.60. The van der Waals surface area contributed by atoms with Gasteiger partial charge in [0.05, 0.1) is 10.6 Å². The summed E-state index contributed by atoms with van der Waals surface area (Å²) in [6.07, 6.45) is 0. The minimum absolute atomic E-state index is 0.0945. The van der Waals surface area contributed by atoms with Gasteiger partial charge in [0, 0.05) is 17.8 Å². The zero-order valence-electron chi connectivity index (χ0n) is 16.3. The summed E-state index contributed by atoms with van der Waals surface area (Å²) in [7, 11) is 0. The highest BCUT2D eigenvalue weighted by Gasteiger charge is 2.29. The van der Waals surface area contributed by atoms with E-state index in [0.717, 1.165) is 22.1 Å². The fourth-order valence-corrected chi connectivity index (χ4v) is 3.04. The van der Waals surface area contributed by atoms with Crippen LogP contribution < -0.4 is 15.0 Å². The Balaban J connectivity index is 1.62. The molecule has 0 unspecified atom stereocenters. The highest BCUT2D eigenvalue weighted by atomic mass is 16.6. The van der Waals surface area contributed by atoms with Gasteiger partial charge in [-0.3, -0.25) is 29.4 Å². The lowest BCUT2D eigenvalue weighted by Crippen LogP contribution is -2.42. The molecule has 0 spiro atoms. The first kappa shape index (κ1) is 20.8. The maximum absolute atomic E-state index is 12.2. The van der Waals surface area contributed by atoms with Crippen LogP contribution >= 0.6 is 0 Å². The fraction of sp³-hybridized carbons (Fsp3) is 0.250. The molecule has 156 valence electrons. The van der Waals surface area contributed by atoms with Gasteiger partial charge in [-0.2, -0.15) is 0 Å². The number of benzene rings is 2. The molecule has 10 nitrogen and oxygen atoms in total. The second-order valence-electron chi connectivity index (χ2n) is 6.76. The van der Waals surface area contributed by atoms with Gasteiger partial charge in [0.1, 0.15) is 12.3 Å². The summed E-state index contributed by atoms with van der Waals surface area (Å²) in [6.45, 7) is 2.43. The van der Waals surface area contributed by atoms with E-state index in [-0.39, 0.29) is 23.7 Å². The molecule has 0 saturated heterocycles. The minimum Gasteiger partial charge on any atom is -0.482 e. The number of rotatable bonds is 6. The highest BCUT2D eigenvalue weighted by molar-refractivity contribution is 6.02. The van der Waals surface area contributed by atoms with E-state index < -0.39 is 35.9 Å². The van der Waals surface area contributed by atoms with Crippen molar-refractivity contribution in [2.45, 2.75) is 13.8 Å². The van der Waals surface area contributed by atoms with Crippen molar-refractivity contribution in [3.8, 4) is 5.75 Å². The zero-order valence-corrected chi connectivity index (χ0v) is 16.3. The standard InChI is InChI=1S/C20H19N3O7/c1-12-5-13(2)7-14(6-12)21-18(24)10-30-20(26)9-22-16-8-15(23(27)28)3-4-17(16)29-11-19(22)25/h3-8H,9-11H2,1-2H3,(H,21,24). The van der Waals surface area contributed by atoms with Gasteiger partial charge in [0.15, 0.2) is 13.2 Å². The number of non-ortho nitro benzene ring substituents is 1. The summed E-state index contributed by atoms with van der Waals surface area (Å²) in [5.41, 5.74) is 2.37. The molecule has 2 aromatic rings. The van der Waals surface area contributed by atoms with Crippen LogP contribution in [-0.2, 0) is 19.1 Å². The number of carbonyl (C=O) groups is 3. The number of carbonyl (C=O) groups excluding carboxylic acids is 3. The van der Waals surface area contributed by atoms with E-state index in [0.29, 0.717) is 5.69 Å². The van der Waals surface area contributed by atoms with Crippen molar-refractivity contribution in [1.82, 2.24) is 0 Å². The van der Waals surface area contributed by atoms with E-state index in [1.165, 1.54) is 12.1 Å². The molecule has 30 heavy (non-hydrogen) atoms. The SMILES string of the molecule is Cc1cc(C)cc(NC(=O)COC(=O)CN2C(=O)COc3ccc([N+](=O)[O-])cc32)c1. The minimum atomic E-state index is -0.835. The number of fused-ring (bicyclic) bond motifs is 1. The Labute approximate surface area is 171 Å². The lowest BCUT2D eigenvalue weighted by atomic mass is 10.1. The number of nitrogens with zero attached hydrogens (tertiary/aromatic N) is 2. The van der Waals surface area contributed by atoms with E-state index in [1.54, 1.807) is 12.1 Å². The Hall–Kier alpha value is -3.95. The summed E-state index contributed by atoms with van der Waals surface area (Å²) in [5, 5.41) is 13.6. The van der Waals surface area contributed by atoms with Gasteiger partial charge in [0.25, 0.3) is 17.5 Å². The van der Waals surface area contributed by atoms with E-state index in [1.807, 2.05) is 19.9 Å². The molecule has 1 aliphatic rings. The van der Waals surface area contributed by atoms with Crippen molar-refractivity contribution >= 4 is 34.8 Å². The molecular weight excluding hydrogens is 394 g/mol. The van der Waals surface area contributed by atoms with E-state index in [4.69, 9.17) is 9.47 Å². The van der Waals surface area contributed by atoms with Gasteiger partial charge < -0.3 is 14.8 Å². The molecule has 2 aromatic carbocycles. The van der Waals surface area contributed by atoms with Crippen LogP contribution in [0.4, 0.5) is 17.1 Å². The molecule has 0 radical (unpaired) electrons. The molecule has 1 N–H and O–H groups in total. The molecule has 0 saturated carbocycles. The summed E-state index contributed by atoms with van der Waals surface area (Å²) < 4.78 is 10.2. The Kier molecular flexibility index (Phi) is 5.95. The van der Waals surface area contributed by atoms with Crippen LogP contribution in [0.5, 0.6) is 5.75 Å². The molecule has 0 aromatic heterocycles. The number of nitrogens with one attached hydrogen (secondary N) is 1. The van der Waals surface area contributed by atoms with Gasteiger partial charge in [-0.05, 0) is 43.2 Å². The molecule has 0 aliphatic carbocycles. The number of amides is 2. The lowest BCUT2D eigenvalue weighted by Gasteiger charge is -2.28. The molecule has 10 heteroatoms. The van der Waals surface area contributed by atoms with Gasteiger partial charge >= 0.3 is 5.97 Å². The monoisotopic (exact) mass is 413 g/mol. The molecule has 2 amide bonds. The van der Waals surface area contributed by atoms with Crippen LogP contribution in [0, 0.1) is 24.0 Å². The Morgan fingerprint density at radius 2 is 1.90 bits per heavy atom. The summed E-state index contributed by atoms with van der Waals surface area (Å²) in [5.74, 6) is -1.68. The number of nitro groups is 1. The maximum Gasteiger partial charge on any atom is 0.326 e. The highest BCUT2D eigenvalue weighted by Crippen LogP contribution is 2.35. The van der Waals surface area contributed by atoms with Crippen molar-refractivity contribution in [2.24, 2.45) is 0 Å². The number of nitro benzene ring substituents is 1. The average Bonchev–Trinajstić information content (AvgIpc) is 2.67. The van der Waals surface area contributed by atoms with Crippen LogP contribution in [0.15, 0.2) is 36.4 Å². The average molecular weight is 413 g/mol. The number of anilines is 2. The van der Waals surface area contributed by atoms with Crippen LogP contribution in [0.25, 0.3) is 0 Å². The van der Waals surface area contributed by atoms with E-state index in [9.17, 15) is 24.5 Å². The quantitative estimate of drug-likeness (QED) is 0.436. The van der Waals surface area contributed by atoms with Gasteiger partial charge in [0.2, 0.25) is 0 Å². The first-order valence-corrected chi connectivity index (χ1v) is 8.98. The van der Waals surface area contributed by atoms with E-state index >= 15 is 0 Å². The first-order chi connectivity index (χ1) is 14.2. The summed E-state index contributed by atoms with van der Waals surface area (Å²) >= 11 is 0. The van der Waals surface area contributed by atoms with Crippen molar-refractivity contribution < 1.29 is 28.8 Å². The van der Waals surface area contributed by atoms with Gasteiger partial charge in [-0.1, -0.05) is 6.07 Å². The number of aryl methyl sites for hydroxylation is 2. The molecule has 0 atom stereocenters. The van der Waals surface area contributed by atoms with Crippen LogP contribution in [-0.4, -0.2) is 42.5 Å². The predicted molar refractivity (Wildman–Crippen MR) is 106 cm³/mol. The largest absolute Gasteiger partial charge is 0.482 e. The smallest absolute Gasteiger partial charge is 0.326 e. The van der Waals surface area contributed by atoms with Crippen LogP contribution in [0.1, 0.15) is 11.1 Å². The molecule has 3 rings (SSSR count). The number of hydrogen-bond donors (Lipinski definition) is 1. The number of ether oxygens (including phenoxy) is 2. The Bertz CT molecular complexity index is 1010. The third kappa shape index (κ3) is 4.90. The Morgan fingerprint density at radius 1 is 1.20 bits per heavy atom. The molecule has 0 fully saturated rings. The molecule has 1 aliphatic heterocycles. The zero-order chi connectivity index (χ0) is 21.8. The predicted octanol–water partition coefficient (Wildman–Crippen LogP) is 2.12. The summed E-state index contributed by atoms with van der Waals surface area (Å²) in [6, 6.07) is 9.26. The number of esters is 1. The van der Waals surface area contributed by atoms with Gasteiger partial charge in [-0.25, -0.2) is 0 Å². The topological polar surface area (TPSA) is 128 Å². The van der Waals surface area contributed by atoms with Gasteiger partial charge in [-0.15, -0.1) is 0 Å². The fourth-order valence-electron chi connectivity index (χ4n) is 3.04. The lowest BCUT2D eigenvalue weighted by molar-refractivity contribution is -0.384. The second-order valence-corrected chi connectivity index (χ2v) is 6.76. The molecular formula is C20H19N3O7. The molecule has 0 bridgehead atoms. The van der Waals surface area contributed by atoms with E-state index in [2.05, 4.69) is 5.32 Å². The molecule has 1 heterocycles. The van der Waals surface area contributed by atoms with Crippen LogP contribution in [0.2, 0.25) is 0 Å².